The average molecular weight is 590 g/mol. The van der Waals surface area contributed by atoms with Crippen molar-refractivity contribution in [1.82, 2.24) is 4.90 Å². The fourth-order valence-corrected chi connectivity index (χ4v) is 7.39. The Balaban J connectivity index is 1.77. The highest BCUT2D eigenvalue weighted by Gasteiger charge is 2.77. The van der Waals surface area contributed by atoms with Crippen LogP contribution in [0, 0.1) is 25.7 Å². The second-order valence-electron chi connectivity index (χ2n) is 10.3. The number of carbonyl (C=O) groups excluding carboxylic acids is 3. The predicted octanol–water partition coefficient (Wildman–Crippen LogP) is 3.46. The van der Waals surface area contributed by atoms with Crippen LogP contribution in [0.3, 0.4) is 0 Å². The van der Waals surface area contributed by atoms with Crippen LogP contribution in [0.5, 0.6) is 0 Å². The van der Waals surface area contributed by atoms with Gasteiger partial charge >= 0.3 is 5.97 Å². The lowest BCUT2D eigenvalue weighted by atomic mass is 9.70. The number of hydrogen-bond acceptors (Lipinski definition) is 6. The Kier molecular flexibility index (Phi) is 8.79. The summed E-state index contributed by atoms with van der Waals surface area (Å²) in [7, 11) is 0. The van der Waals surface area contributed by atoms with E-state index in [0.717, 1.165) is 16.8 Å². The summed E-state index contributed by atoms with van der Waals surface area (Å²) in [6.07, 6.45) is 4.72. The molecule has 3 saturated heterocycles. The first-order valence-electron chi connectivity index (χ1n) is 13.2. The van der Waals surface area contributed by atoms with E-state index in [9.17, 15) is 19.5 Å². The molecule has 0 aromatic heterocycles. The quantitative estimate of drug-likeness (QED) is 0.174. The molecule has 38 heavy (non-hydrogen) atoms. The monoisotopic (exact) mass is 588 g/mol. The molecule has 0 saturated carbocycles. The van der Waals surface area contributed by atoms with Crippen LogP contribution in [0.25, 0.3) is 0 Å². The molecule has 206 valence electrons. The summed E-state index contributed by atoms with van der Waals surface area (Å²) in [6.45, 7) is 12.1. The van der Waals surface area contributed by atoms with E-state index < -0.39 is 35.6 Å². The number of nitrogens with zero attached hydrogens (tertiary/aromatic N) is 2. The Morgan fingerprint density at radius 1 is 1.26 bits per heavy atom. The number of anilines is 1. The van der Waals surface area contributed by atoms with Crippen molar-refractivity contribution in [3.05, 3.63) is 54.6 Å². The third-order valence-corrected chi connectivity index (χ3v) is 8.80. The minimum atomic E-state index is -1.16. The van der Waals surface area contributed by atoms with Gasteiger partial charge in [0, 0.05) is 30.2 Å². The second kappa shape index (κ2) is 11.7. The van der Waals surface area contributed by atoms with Crippen LogP contribution in [0.1, 0.15) is 36.8 Å². The first kappa shape index (κ1) is 28.5. The van der Waals surface area contributed by atoms with E-state index in [-0.39, 0.29) is 42.9 Å². The number of aliphatic hydroxyl groups is 1. The summed E-state index contributed by atoms with van der Waals surface area (Å²) in [4.78, 5) is 44.9. The number of carbonyl (C=O) groups is 3. The maximum Gasteiger partial charge on any atom is 0.312 e. The molecule has 3 aliphatic heterocycles. The van der Waals surface area contributed by atoms with Gasteiger partial charge in [-0.1, -0.05) is 46.3 Å². The van der Waals surface area contributed by atoms with Gasteiger partial charge in [-0.3, -0.25) is 14.4 Å². The molecule has 3 unspecified atom stereocenters. The number of alkyl halides is 1. The van der Waals surface area contributed by atoms with Crippen molar-refractivity contribution < 1.29 is 29.0 Å². The van der Waals surface area contributed by atoms with Crippen LogP contribution in [0.15, 0.2) is 43.5 Å². The van der Waals surface area contributed by atoms with Gasteiger partial charge in [-0.05, 0) is 50.7 Å². The molecule has 6 atom stereocenters. The van der Waals surface area contributed by atoms with Gasteiger partial charge in [0.2, 0.25) is 5.91 Å². The minimum Gasteiger partial charge on any atom is -0.465 e. The van der Waals surface area contributed by atoms with Crippen LogP contribution < -0.4 is 4.90 Å². The summed E-state index contributed by atoms with van der Waals surface area (Å²) in [5.41, 5.74) is 1.49. The van der Waals surface area contributed by atoms with E-state index in [1.807, 2.05) is 32.0 Å². The van der Waals surface area contributed by atoms with Crippen molar-refractivity contribution >= 4 is 39.4 Å². The molecule has 3 aliphatic rings. The number of likely N-dealkylation sites (tertiary alicyclic amines) is 1. The molecule has 2 amide bonds. The van der Waals surface area contributed by atoms with Crippen molar-refractivity contribution in [2.24, 2.45) is 11.8 Å². The number of ether oxygens (including phenoxy) is 2. The van der Waals surface area contributed by atoms with Gasteiger partial charge in [0.05, 0.1) is 24.5 Å². The van der Waals surface area contributed by atoms with Crippen molar-refractivity contribution in [3.8, 4) is 0 Å². The molecule has 3 fully saturated rings. The van der Waals surface area contributed by atoms with E-state index in [1.165, 1.54) is 0 Å². The van der Waals surface area contributed by atoms with Crippen LogP contribution in [0.4, 0.5) is 5.69 Å². The topological polar surface area (TPSA) is 96.4 Å². The van der Waals surface area contributed by atoms with Gasteiger partial charge in [0.25, 0.3) is 5.91 Å². The number of para-hydroxylation sites is 1. The molecule has 2 bridgehead atoms. The van der Waals surface area contributed by atoms with Crippen molar-refractivity contribution in [1.29, 1.82) is 0 Å². The molecule has 8 nitrogen and oxygen atoms in total. The number of amides is 2. The highest BCUT2D eigenvalue weighted by Crippen LogP contribution is 2.60. The van der Waals surface area contributed by atoms with E-state index in [0.29, 0.717) is 25.7 Å². The SMILES string of the molecule is C=CCCOC(=O)[C@H]1[C@@H]2OC3(CC2Br)C(C(=O)N(CC=C)c2c(C)cccc2C)N(CCCCO)C(=O)[C@H]13. The molecule has 3 heterocycles. The predicted molar refractivity (Wildman–Crippen MR) is 148 cm³/mol. The van der Waals surface area contributed by atoms with E-state index in [1.54, 1.807) is 22.0 Å². The Hall–Kier alpha value is -2.49. The fourth-order valence-electron chi connectivity index (χ4n) is 6.45. The number of aryl methyl sites for hydroxylation is 2. The van der Waals surface area contributed by atoms with Crippen molar-refractivity contribution in [2.75, 3.05) is 31.2 Å². The number of fused-ring (bicyclic) bond motifs is 1. The molecule has 1 aromatic rings. The molecule has 1 aromatic carbocycles. The summed E-state index contributed by atoms with van der Waals surface area (Å²) >= 11 is 3.68. The third kappa shape index (κ3) is 4.73. The number of benzene rings is 1. The fraction of sp³-hybridized carbons (Fsp3) is 0.552. The first-order valence-corrected chi connectivity index (χ1v) is 14.1. The standard InChI is InChI=1S/C29H37BrN2O6/c1-5-7-16-37-28(36)21-22-26(34)32(14-8-9-15-33)25(29(22)17-20(30)24(21)38-29)27(35)31(13-6-2)23-18(3)11-10-12-19(23)4/h5-6,10-12,20-22,24-25,33H,1-2,7-9,13-17H2,3-4H3/t20?,21-,22+,24-,25?,29?/m1/s1. The van der Waals surface area contributed by atoms with Gasteiger partial charge < -0.3 is 24.4 Å². The summed E-state index contributed by atoms with van der Waals surface area (Å²) in [6, 6.07) is 4.92. The highest BCUT2D eigenvalue weighted by molar-refractivity contribution is 9.09. The lowest BCUT2D eigenvalue weighted by molar-refractivity contribution is -0.154. The van der Waals surface area contributed by atoms with Gasteiger partial charge in [0.15, 0.2) is 0 Å². The Morgan fingerprint density at radius 3 is 2.61 bits per heavy atom. The van der Waals surface area contributed by atoms with Gasteiger partial charge in [0.1, 0.15) is 11.6 Å². The van der Waals surface area contributed by atoms with E-state index >= 15 is 0 Å². The summed E-state index contributed by atoms with van der Waals surface area (Å²) in [5.74, 6) is -2.64. The number of esters is 1. The number of aliphatic hydroxyl groups excluding tert-OH is 1. The Morgan fingerprint density at radius 2 is 1.97 bits per heavy atom. The maximum atomic E-state index is 14.6. The molecule has 9 heteroatoms. The van der Waals surface area contributed by atoms with Gasteiger partial charge in [-0.2, -0.15) is 0 Å². The zero-order chi connectivity index (χ0) is 27.6. The van der Waals surface area contributed by atoms with Crippen LogP contribution in [-0.4, -0.2) is 76.7 Å². The van der Waals surface area contributed by atoms with E-state index in [4.69, 9.17) is 9.47 Å². The number of halogens is 1. The molecular weight excluding hydrogens is 552 g/mol. The average Bonchev–Trinajstić information content (AvgIpc) is 3.47. The first-order chi connectivity index (χ1) is 18.2. The third-order valence-electron chi connectivity index (χ3n) is 7.96. The summed E-state index contributed by atoms with van der Waals surface area (Å²) < 4.78 is 12.1. The van der Waals surface area contributed by atoms with Crippen molar-refractivity contribution in [3.63, 3.8) is 0 Å². The molecule has 1 spiro atoms. The number of hydrogen-bond donors (Lipinski definition) is 1. The summed E-state index contributed by atoms with van der Waals surface area (Å²) in [5, 5.41) is 9.38. The zero-order valence-electron chi connectivity index (χ0n) is 22.1. The highest BCUT2D eigenvalue weighted by atomic mass is 79.9. The molecule has 0 aliphatic carbocycles. The molecule has 0 radical (unpaired) electrons. The lowest BCUT2D eigenvalue weighted by Gasteiger charge is -2.37. The van der Waals surface area contributed by atoms with Gasteiger partial charge in [-0.25, -0.2) is 0 Å². The number of unbranched alkanes of at least 4 members (excludes halogenated alkanes) is 1. The molecular formula is C29H37BrN2O6. The van der Waals surface area contributed by atoms with Crippen LogP contribution >= 0.6 is 15.9 Å². The van der Waals surface area contributed by atoms with Crippen LogP contribution in [-0.2, 0) is 23.9 Å². The normalized spacial score (nSPS) is 29.3. The minimum absolute atomic E-state index is 0.0134. The smallest absolute Gasteiger partial charge is 0.312 e. The zero-order valence-corrected chi connectivity index (χ0v) is 23.7. The molecule has 1 N–H and O–H groups in total. The van der Waals surface area contributed by atoms with Crippen LogP contribution in [0.2, 0.25) is 0 Å². The maximum absolute atomic E-state index is 14.6. The largest absolute Gasteiger partial charge is 0.465 e. The van der Waals surface area contributed by atoms with Crippen molar-refractivity contribution in [2.45, 2.75) is 62.1 Å². The Labute approximate surface area is 232 Å². The molecule has 4 rings (SSSR count). The Bertz CT molecular complexity index is 1090. The second-order valence-corrected chi connectivity index (χ2v) is 11.5. The van der Waals surface area contributed by atoms with Gasteiger partial charge in [-0.15, -0.1) is 13.2 Å². The lowest BCUT2D eigenvalue weighted by Crippen LogP contribution is -2.57. The number of rotatable bonds is 12. The van der Waals surface area contributed by atoms with E-state index in [2.05, 4.69) is 29.1 Å².